The third-order valence-corrected chi connectivity index (χ3v) is 4.29. The second kappa shape index (κ2) is 5.72. The van der Waals surface area contributed by atoms with E-state index in [1.807, 2.05) is 0 Å². The van der Waals surface area contributed by atoms with E-state index in [9.17, 15) is 0 Å². The van der Waals surface area contributed by atoms with Crippen molar-refractivity contribution < 1.29 is 0 Å². The van der Waals surface area contributed by atoms with Crippen LogP contribution in [0.25, 0.3) is 0 Å². The van der Waals surface area contributed by atoms with Gasteiger partial charge in [-0.1, -0.05) is 34.1 Å². The number of hydrogen-bond donors (Lipinski definition) is 1. The lowest BCUT2D eigenvalue weighted by Crippen LogP contribution is -2.47. The van der Waals surface area contributed by atoms with E-state index in [1.54, 1.807) is 0 Å². The number of rotatable bonds is 3. The molecule has 18 heavy (non-hydrogen) atoms. The van der Waals surface area contributed by atoms with Gasteiger partial charge < -0.3 is 10.6 Å². The largest absolute Gasteiger partial charge is 0.324 e. The summed E-state index contributed by atoms with van der Waals surface area (Å²) >= 11 is 3.66. The molecule has 2 nitrogen and oxygen atoms in total. The Hall–Kier alpha value is -0.380. The van der Waals surface area contributed by atoms with Crippen molar-refractivity contribution >= 4 is 15.9 Å². The molecule has 0 bridgehead atoms. The maximum atomic E-state index is 6.09. The standard InChI is InChI=1S/C15H23BrN2/c1-15(2,17)11-18-9-7-12(8-10-18)13-5-3-4-6-14(13)16/h3-6,12H,7-11,17H2,1-2H3. The summed E-state index contributed by atoms with van der Waals surface area (Å²) < 4.78 is 1.25. The van der Waals surface area contributed by atoms with Crippen LogP contribution in [0.1, 0.15) is 38.2 Å². The first-order valence-corrected chi connectivity index (χ1v) is 7.51. The molecule has 0 radical (unpaired) electrons. The molecule has 2 N–H and O–H groups in total. The Morgan fingerprint density at radius 3 is 2.44 bits per heavy atom. The Labute approximate surface area is 119 Å². The zero-order valence-electron chi connectivity index (χ0n) is 11.3. The third kappa shape index (κ3) is 3.81. The fourth-order valence-corrected chi connectivity index (χ4v) is 3.39. The van der Waals surface area contributed by atoms with Crippen LogP contribution in [0.4, 0.5) is 0 Å². The van der Waals surface area contributed by atoms with E-state index < -0.39 is 0 Å². The van der Waals surface area contributed by atoms with Crippen molar-refractivity contribution in [1.29, 1.82) is 0 Å². The molecule has 0 spiro atoms. The molecule has 0 aliphatic carbocycles. The predicted molar refractivity (Wildman–Crippen MR) is 80.8 cm³/mol. The number of likely N-dealkylation sites (tertiary alicyclic amines) is 1. The molecule has 1 aromatic carbocycles. The van der Waals surface area contributed by atoms with Gasteiger partial charge in [-0.2, -0.15) is 0 Å². The Balaban J connectivity index is 1.93. The molecule has 100 valence electrons. The number of hydrogen-bond acceptors (Lipinski definition) is 2. The molecule has 1 saturated heterocycles. The van der Waals surface area contributed by atoms with E-state index in [0.29, 0.717) is 5.92 Å². The minimum Gasteiger partial charge on any atom is -0.324 e. The number of nitrogens with zero attached hydrogens (tertiary/aromatic N) is 1. The fourth-order valence-electron chi connectivity index (χ4n) is 2.78. The van der Waals surface area contributed by atoms with Crippen LogP contribution >= 0.6 is 15.9 Å². The van der Waals surface area contributed by atoms with Crippen molar-refractivity contribution in [3.05, 3.63) is 34.3 Å². The van der Waals surface area contributed by atoms with Gasteiger partial charge in [-0.15, -0.1) is 0 Å². The van der Waals surface area contributed by atoms with Crippen molar-refractivity contribution in [3.8, 4) is 0 Å². The highest BCUT2D eigenvalue weighted by atomic mass is 79.9. The van der Waals surface area contributed by atoms with Crippen molar-refractivity contribution in [2.45, 2.75) is 38.1 Å². The van der Waals surface area contributed by atoms with Gasteiger partial charge in [-0.25, -0.2) is 0 Å². The average molecular weight is 311 g/mol. The van der Waals surface area contributed by atoms with E-state index in [1.165, 1.54) is 22.9 Å². The van der Waals surface area contributed by atoms with Gasteiger partial charge in [0.15, 0.2) is 0 Å². The highest BCUT2D eigenvalue weighted by Gasteiger charge is 2.24. The molecule has 0 aromatic heterocycles. The molecule has 1 fully saturated rings. The van der Waals surface area contributed by atoms with Crippen molar-refractivity contribution in [3.63, 3.8) is 0 Å². The smallest absolute Gasteiger partial charge is 0.0226 e. The molecule has 2 rings (SSSR count). The van der Waals surface area contributed by atoms with Crippen LogP contribution in [0, 0.1) is 0 Å². The summed E-state index contributed by atoms with van der Waals surface area (Å²) in [6.45, 7) is 7.52. The zero-order valence-corrected chi connectivity index (χ0v) is 12.9. The Morgan fingerprint density at radius 1 is 1.28 bits per heavy atom. The van der Waals surface area contributed by atoms with Gasteiger partial charge in [0.25, 0.3) is 0 Å². The van der Waals surface area contributed by atoms with Crippen molar-refractivity contribution in [1.82, 2.24) is 4.90 Å². The minimum absolute atomic E-state index is 0.0832. The van der Waals surface area contributed by atoms with Crippen LogP contribution in [0.15, 0.2) is 28.7 Å². The number of benzene rings is 1. The zero-order chi connectivity index (χ0) is 13.2. The Bertz CT molecular complexity index is 390. The van der Waals surface area contributed by atoms with Gasteiger partial charge in [-0.05, 0) is 57.3 Å². The normalized spacial score (nSPS) is 19.1. The highest BCUT2D eigenvalue weighted by Crippen LogP contribution is 2.32. The van der Waals surface area contributed by atoms with E-state index >= 15 is 0 Å². The predicted octanol–water partition coefficient (Wildman–Crippen LogP) is 3.37. The topological polar surface area (TPSA) is 29.3 Å². The molecule has 1 heterocycles. The summed E-state index contributed by atoms with van der Waals surface area (Å²) in [7, 11) is 0. The molecular weight excluding hydrogens is 288 g/mol. The number of halogens is 1. The molecule has 0 unspecified atom stereocenters. The van der Waals surface area contributed by atoms with Gasteiger partial charge in [0.05, 0.1) is 0 Å². The van der Waals surface area contributed by atoms with Crippen molar-refractivity contribution in [2.75, 3.05) is 19.6 Å². The number of nitrogens with two attached hydrogens (primary N) is 1. The van der Waals surface area contributed by atoms with Gasteiger partial charge in [-0.3, -0.25) is 0 Å². The lowest BCUT2D eigenvalue weighted by Gasteiger charge is -2.36. The Morgan fingerprint density at radius 2 is 1.89 bits per heavy atom. The molecule has 0 atom stereocenters. The van der Waals surface area contributed by atoms with Crippen molar-refractivity contribution in [2.24, 2.45) is 5.73 Å². The summed E-state index contributed by atoms with van der Waals surface area (Å²) in [6.07, 6.45) is 2.47. The monoisotopic (exact) mass is 310 g/mol. The summed E-state index contributed by atoms with van der Waals surface area (Å²) in [5.41, 5.74) is 7.47. The number of piperidine rings is 1. The summed E-state index contributed by atoms with van der Waals surface area (Å²) in [5, 5.41) is 0. The van der Waals surface area contributed by atoms with Crippen LogP contribution in [0.5, 0.6) is 0 Å². The summed E-state index contributed by atoms with van der Waals surface area (Å²) in [4.78, 5) is 2.49. The maximum Gasteiger partial charge on any atom is 0.0226 e. The van der Waals surface area contributed by atoms with Crippen LogP contribution in [-0.2, 0) is 0 Å². The lowest BCUT2D eigenvalue weighted by atomic mass is 9.89. The molecule has 1 aromatic rings. The van der Waals surface area contributed by atoms with Gasteiger partial charge in [0.2, 0.25) is 0 Å². The van der Waals surface area contributed by atoms with E-state index in [0.717, 1.165) is 19.6 Å². The second-order valence-corrected chi connectivity index (χ2v) is 6.91. The van der Waals surface area contributed by atoms with Gasteiger partial charge in [0.1, 0.15) is 0 Å². The lowest BCUT2D eigenvalue weighted by molar-refractivity contribution is 0.179. The van der Waals surface area contributed by atoms with Crippen LogP contribution in [0.2, 0.25) is 0 Å². The molecule has 0 amide bonds. The second-order valence-electron chi connectivity index (χ2n) is 6.06. The first-order valence-electron chi connectivity index (χ1n) is 6.71. The molecule has 3 heteroatoms. The first kappa shape index (κ1) is 14.0. The third-order valence-electron chi connectivity index (χ3n) is 3.56. The van der Waals surface area contributed by atoms with E-state index in [4.69, 9.17) is 5.73 Å². The summed E-state index contributed by atoms with van der Waals surface area (Å²) in [5.74, 6) is 0.692. The van der Waals surface area contributed by atoms with E-state index in [2.05, 4.69) is 58.9 Å². The van der Waals surface area contributed by atoms with Crippen LogP contribution < -0.4 is 5.73 Å². The first-order chi connectivity index (χ1) is 8.46. The fraction of sp³-hybridized carbons (Fsp3) is 0.600. The van der Waals surface area contributed by atoms with Crippen LogP contribution in [0.3, 0.4) is 0 Å². The van der Waals surface area contributed by atoms with Gasteiger partial charge >= 0.3 is 0 Å². The quantitative estimate of drug-likeness (QED) is 0.927. The average Bonchev–Trinajstić information content (AvgIpc) is 2.29. The van der Waals surface area contributed by atoms with Gasteiger partial charge in [0, 0.05) is 16.6 Å². The maximum absolute atomic E-state index is 6.09. The molecule has 1 aliphatic rings. The SMILES string of the molecule is CC(C)(N)CN1CCC(c2ccccc2Br)CC1. The molecular formula is C15H23BrN2. The molecule has 1 aliphatic heterocycles. The highest BCUT2D eigenvalue weighted by molar-refractivity contribution is 9.10. The minimum atomic E-state index is -0.0832. The van der Waals surface area contributed by atoms with Crippen LogP contribution in [-0.4, -0.2) is 30.1 Å². The Kier molecular flexibility index (Phi) is 4.46. The summed E-state index contributed by atoms with van der Waals surface area (Å²) in [6, 6.07) is 8.61. The van der Waals surface area contributed by atoms with E-state index in [-0.39, 0.29) is 5.54 Å². The molecule has 0 saturated carbocycles.